The van der Waals surface area contributed by atoms with E-state index in [0.29, 0.717) is 11.4 Å². The van der Waals surface area contributed by atoms with Gasteiger partial charge in [-0.3, -0.25) is 4.72 Å². The molecule has 0 amide bonds. The minimum Gasteiger partial charge on any atom is -0.398 e. The van der Waals surface area contributed by atoms with Gasteiger partial charge < -0.3 is 5.73 Å². The zero-order chi connectivity index (χ0) is 13.3. The molecule has 1 aromatic carbocycles. The smallest absolute Gasteiger partial charge is 0.271 e. The Morgan fingerprint density at radius 2 is 2.06 bits per heavy atom. The van der Waals surface area contributed by atoms with Gasteiger partial charge in [0.1, 0.15) is 4.21 Å². The Morgan fingerprint density at radius 1 is 1.33 bits per heavy atom. The third-order valence-corrected chi connectivity index (χ3v) is 6.00. The lowest BCUT2D eigenvalue weighted by molar-refractivity contribution is 0.603. The third-order valence-electron chi connectivity index (χ3n) is 2.27. The van der Waals surface area contributed by atoms with E-state index >= 15 is 0 Å². The van der Waals surface area contributed by atoms with E-state index in [-0.39, 0.29) is 4.21 Å². The highest BCUT2D eigenvalue weighted by atomic mass is 79.9. The summed E-state index contributed by atoms with van der Waals surface area (Å²) in [7, 11) is -3.55. The fraction of sp³-hybridized carbons (Fsp3) is 0.0909. The highest BCUT2D eigenvalue weighted by Gasteiger charge is 2.16. The van der Waals surface area contributed by atoms with Gasteiger partial charge in [0, 0.05) is 21.2 Å². The van der Waals surface area contributed by atoms with Crippen molar-refractivity contribution >= 4 is 48.7 Å². The number of benzene rings is 1. The maximum Gasteiger partial charge on any atom is 0.271 e. The van der Waals surface area contributed by atoms with Gasteiger partial charge in [0.15, 0.2) is 0 Å². The van der Waals surface area contributed by atoms with Gasteiger partial charge in [-0.2, -0.15) is 0 Å². The Morgan fingerprint density at radius 3 is 2.61 bits per heavy atom. The van der Waals surface area contributed by atoms with Crippen molar-refractivity contribution in [3.63, 3.8) is 0 Å². The van der Waals surface area contributed by atoms with Crippen molar-refractivity contribution in [2.45, 2.75) is 11.1 Å². The Kier molecular flexibility index (Phi) is 3.65. The van der Waals surface area contributed by atoms with Crippen LogP contribution in [-0.4, -0.2) is 8.42 Å². The van der Waals surface area contributed by atoms with Crippen molar-refractivity contribution in [3.8, 4) is 0 Å². The van der Waals surface area contributed by atoms with E-state index in [1.54, 1.807) is 23.6 Å². The number of thiophene rings is 1. The SMILES string of the molecule is Cc1cc(NS(=O)(=O)c2cc(N)cs2)ccc1Br. The molecule has 0 spiro atoms. The van der Waals surface area contributed by atoms with E-state index in [1.807, 2.05) is 6.92 Å². The average Bonchev–Trinajstić information content (AvgIpc) is 2.71. The second-order valence-electron chi connectivity index (χ2n) is 3.77. The van der Waals surface area contributed by atoms with Crippen molar-refractivity contribution in [2.75, 3.05) is 10.5 Å². The summed E-state index contributed by atoms with van der Waals surface area (Å²) in [5, 5.41) is 1.60. The van der Waals surface area contributed by atoms with E-state index in [0.717, 1.165) is 21.4 Å². The summed E-state index contributed by atoms with van der Waals surface area (Å²) in [6.07, 6.45) is 0. The van der Waals surface area contributed by atoms with Crippen LogP contribution in [0.2, 0.25) is 0 Å². The topological polar surface area (TPSA) is 72.2 Å². The van der Waals surface area contributed by atoms with Crippen LogP contribution in [0.25, 0.3) is 0 Å². The van der Waals surface area contributed by atoms with Crippen LogP contribution in [-0.2, 0) is 10.0 Å². The van der Waals surface area contributed by atoms with Gasteiger partial charge in [-0.15, -0.1) is 11.3 Å². The normalized spacial score (nSPS) is 11.4. The van der Waals surface area contributed by atoms with Crippen LogP contribution in [0, 0.1) is 6.92 Å². The predicted octanol–water partition coefficient (Wildman–Crippen LogP) is 3.20. The van der Waals surface area contributed by atoms with Crippen LogP contribution < -0.4 is 10.5 Å². The lowest BCUT2D eigenvalue weighted by Crippen LogP contribution is -2.11. The molecule has 0 bridgehead atoms. The molecule has 0 aliphatic carbocycles. The van der Waals surface area contributed by atoms with Crippen LogP contribution in [0.1, 0.15) is 5.56 Å². The van der Waals surface area contributed by atoms with Crippen molar-refractivity contribution < 1.29 is 8.42 Å². The zero-order valence-corrected chi connectivity index (χ0v) is 12.7. The summed E-state index contributed by atoms with van der Waals surface area (Å²) in [6, 6.07) is 6.71. The number of hydrogen-bond acceptors (Lipinski definition) is 4. The Bertz CT molecular complexity index is 680. The number of nitrogens with two attached hydrogens (primary N) is 1. The van der Waals surface area contributed by atoms with Gasteiger partial charge in [-0.1, -0.05) is 15.9 Å². The lowest BCUT2D eigenvalue weighted by Gasteiger charge is -2.07. The molecule has 4 nitrogen and oxygen atoms in total. The first-order valence-corrected chi connectivity index (χ1v) is 8.17. The number of aryl methyl sites for hydroxylation is 1. The molecule has 0 aliphatic rings. The van der Waals surface area contributed by atoms with Crippen molar-refractivity contribution in [1.82, 2.24) is 0 Å². The minimum atomic E-state index is -3.55. The highest BCUT2D eigenvalue weighted by molar-refractivity contribution is 9.10. The molecular formula is C11H11BrN2O2S2. The quantitative estimate of drug-likeness (QED) is 0.896. The fourth-order valence-corrected chi connectivity index (χ4v) is 3.76. The summed E-state index contributed by atoms with van der Waals surface area (Å²) in [5.41, 5.74) is 7.47. The molecule has 0 saturated heterocycles. The lowest BCUT2D eigenvalue weighted by atomic mass is 10.2. The second kappa shape index (κ2) is 4.91. The van der Waals surface area contributed by atoms with E-state index in [2.05, 4.69) is 20.7 Å². The molecule has 0 atom stereocenters. The molecule has 1 aromatic heterocycles. The Labute approximate surface area is 118 Å². The molecule has 0 fully saturated rings. The molecule has 0 unspecified atom stereocenters. The summed E-state index contributed by atoms with van der Waals surface area (Å²) < 4.78 is 27.8. The number of halogens is 1. The van der Waals surface area contributed by atoms with Gasteiger partial charge in [0.2, 0.25) is 0 Å². The molecule has 96 valence electrons. The number of sulfonamides is 1. The molecule has 0 radical (unpaired) electrons. The molecule has 2 aromatic rings. The van der Waals surface area contributed by atoms with Gasteiger partial charge in [0.05, 0.1) is 0 Å². The molecule has 18 heavy (non-hydrogen) atoms. The van der Waals surface area contributed by atoms with E-state index < -0.39 is 10.0 Å². The average molecular weight is 347 g/mol. The number of anilines is 2. The Balaban J connectivity index is 2.30. The third kappa shape index (κ3) is 2.85. The van der Waals surface area contributed by atoms with Crippen molar-refractivity contribution in [1.29, 1.82) is 0 Å². The first-order valence-electron chi connectivity index (χ1n) is 5.01. The van der Waals surface area contributed by atoms with Gasteiger partial charge in [0.25, 0.3) is 10.0 Å². The van der Waals surface area contributed by atoms with Crippen molar-refractivity contribution in [2.24, 2.45) is 0 Å². The summed E-state index contributed by atoms with van der Waals surface area (Å²) >= 11 is 4.46. The van der Waals surface area contributed by atoms with Gasteiger partial charge in [-0.25, -0.2) is 8.42 Å². The molecule has 7 heteroatoms. The summed E-state index contributed by atoms with van der Waals surface area (Å²) in [4.78, 5) is 0. The second-order valence-corrected chi connectivity index (χ2v) is 7.44. The Hall–Kier alpha value is -1.05. The number of hydrogen-bond donors (Lipinski definition) is 2. The summed E-state index contributed by atoms with van der Waals surface area (Å²) in [5.74, 6) is 0. The predicted molar refractivity (Wildman–Crippen MR) is 78.4 cm³/mol. The van der Waals surface area contributed by atoms with Crippen LogP contribution in [0.3, 0.4) is 0 Å². The van der Waals surface area contributed by atoms with Crippen LogP contribution >= 0.6 is 27.3 Å². The molecule has 1 heterocycles. The number of rotatable bonds is 3. The zero-order valence-electron chi connectivity index (χ0n) is 9.48. The molecule has 3 N–H and O–H groups in total. The van der Waals surface area contributed by atoms with E-state index in [1.165, 1.54) is 6.07 Å². The maximum atomic E-state index is 12.0. The van der Waals surface area contributed by atoms with Crippen molar-refractivity contribution in [3.05, 3.63) is 39.7 Å². The monoisotopic (exact) mass is 346 g/mol. The molecule has 0 saturated carbocycles. The largest absolute Gasteiger partial charge is 0.398 e. The minimum absolute atomic E-state index is 0.209. The van der Waals surface area contributed by atoms with E-state index in [9.17, 15) is 8.42 Å². The highest BCUT2D eigenvalue weighted by Crippen LogP contribution is 2.26. The maximum absolute atomic E-state index is 12.0. The number of nitrogen functional groups attached to an aromatic ring is 1. The fourth-order valence-electron chi connectivity index (χ4n) is 1.38. The van der Waals surface area contributed by atoms with Crippen LogP contribution in [0.5, 0.6) is 0 Å². The first-order chi connectivity index (χ1) is 8.38. The molecule has 2 rings (SSSR count). The van der Waals surface area contributed by atoms with Gasteiger partial charge in [-0.05, 0) is 36.8 Å². The summed E-state index contributed by atoms with van der Waals surface area (Å²) in [6.45, 7) is 1.89. The van der Waals surface area contributed by atoms with Crippen LogP contribution in [0.15, 0.2) is 38.3 Å². The number of nitrogens with one attached hydrogen (secondary N) is 1. The standard InChI is InChI=1S/C11H11BrN2O2S2/c1-7-4-9(2-3-10(7)12)14-18(15,16)11-5-8(13)6-17-11/h2-6,14H,13H2,1H3. The van der Waals surface area contributed by atoms with Gasteiger partial charge >= 0.3 is 0 Å². The van der Waals surface area contributed by atoms with E-state index in [4.69, 9.17) is 5.73 Å². The molecular weight excluding hydrogens is 336 g/mol. The first kappa shape index (κ1) is 13.4. The molecule has 0 aliphatic heterocycles. The van der Waals surface area contributed by atoms with Crippen LogP contribution in [0.4, 0.5) is 11.4 Å².